The molecule has 0 amide bonds. The number of nitrogens with zero attached hydrogens (tertiary/aromatic N) is 2. The fourth-order valence-corrected chi connectivity index (χ4v) is 3.35. The lowest BCUT2D eigenvalue weighted by molar-refractivity contribution is 0.159. The normalized spacial score (nSPS) is 18.1. The van der Waals surface area contributed by atoms with Crippen LogP contribution in [-0.4, -0.2) is 57.2 Å². The van der Waals surface area contributed by atoms with E-state index in [1.807, 2.05) is 19.2 Å². The van der Waals surface area contributed by atoms with Crippen LogP contribution in [0, 0.1) is 0 Å². The van der Waals surface area contributed by atoms with Crippen molar-refractivity contribution in [1.82, 2.24) is 15.5 Å². The van der Waals surface area contributed by atoms with Crippen molar-refractivity contribution >= 4 is 29.9 Å². The van der Waals surface area contributed by atoms with Crippen molar-refractivity contribution in [2.24, 2.45) is 4.99 Å². The van der Waals surface area contributed by atoms with Crippen LogP contribution in [0.2, 0.25) is 0 Å². The molecule has 1 aromatic carbocycles. The molecule has 1 saturated heterocycles. The van der Waals surface area contributed by atoms with Crippen LogP contribution >= 0.6 is 24.0 Å². The predicted molar refractivity (Wildman–Crippen MR) is 121 cm³/mol. The summed E-state index contributed by atoms with van der Waals surface area (Å²) >= 11 is 0. The Bertz CT molecular complexity index is 538. The van der Waals surface area contributed by atoms with Crippen LogP contribution in [0.4, 0.5) is 0 Å². The number of aliphatic imine (C=N–C) groups is 1. The van der Waals surface area contributed by atoms with Crippen LogP contribution in [0.15, 0.2) is 29.3 Å². The number of benzene rings is 1. The zero-order valence-electron chi connectivity index (χ0n) is 16.5. The number of methoxy groups -OCH3 is 1. The summed E-state index contributed by atoms with van der Waals surface area (Å²) in [5.41, 5.74) is 1.27. The number of ether oxygens (including phenoxy) is 1. The Balaban J connectivity index is 0.00000338. The molecule has 6 heteroatoms. The highest BCUT2D eigenvalue weighted by Gasteiger charge is 2.17. The van der Waals surface area contributed by atoms with Gasteiger partial charge in [-0.1, -0.05) is 18.6 Å². The highest BCUT2D eigenvalue weighted by atomic mass is 127. The van der Waals surface area contributed by atoms with Crippen molar-refractivity contribution in [3.63, 3.8) is 0 Å². The molecule has 1 aliphatic rings. The van der Waals surface area contributed by atoms with Gasteiger partial charge < -0.3 is 20.3 Å². The molecule has 0 radical (unpaired) electrons. The minimum Gasteiger partial charge on any atom is -0.497 e. The fraction of sp³-hybridized carbons (Fsp3) is 0.650. The van der Waals surface area contributed by atoms with Gasteiger partial charge in [0, 0.05) is 32.7 Å². The van der Waals surface area contributed by atoms with Gasteiger partial charge in [0.1, 0.15) is 5.75 Å². The highest BCUT2D eigenvalue weighted by Crippen LogP contribution is 2.16. The Morgan fingerprint density at radius 1 is 1.27 bits per heavy atom. The quantitative estimate of drug-likeness (QED) is 0.263. The molecule has 0 aliphatic carbocycles. The summed E-state index contributed by atoms with van der Waals surface area (Å²) in [5, 5.41) is 6.81. The number of hydrogen-bond acceptors (Lipinski definition) is 3. The molecule has 148 valence electrons. The van der Waals surface area contributed by atoms with Crippen LogP contribution in [0.1, 0.15) is 38.2 Å². The standard InChI is InChI=1S/C20H34N4O.HI/c1-17-8-4-5-14-24(17)15-7-12-22-20(21-2)23-13-11-18-9-6-10-19(16-18)25-3;/h6,9-10,16-17H,4-5,7-8,11-15H2,1-3H3,(H2,21,22,23);1H. The summed E-state index contributed by atoms with van der Waals surface area (Å²) in [5.74, 6) is 1.79. The zero-order chi connectivity index (χ0) is 17.9. The lowest BCUT2D eigenvalue weighted by Gasteiger charge is -2.33. The van der Waals surface area contributed by atoms with Crippen molar-refractivity contribution < 1.29 is 4.74 Å². The summed E-state index contributed by atoms with van der Waals surface area (Å²) < 4.78 is 5.27. The maximum Gasteiger partial charge on any atom is 0.190 e. The van der Waals surface area contributed by atoms with Gasteiger partial charge in [-0.2, -0.15) is 0 Å². The minimum atomic E-state index is 0. The molecule has 0 saturated carbocycles. The molecule has 2 N–H and O–H groups in total. The Morgan fingerprint density at radius 2 is 2.08 bits per heavy atom. The molecular formula is C20H35IN4O. The zero-order valence-corrected chi connectivity index (χ0v) is 18.8. The Kier molecular flexibility index (Phi) is 11.7. The van der Waals surface area contributed by atoms with Crippen molar-refractivity contribution in [3.05, 3.63) is 29.8 Å². The number of likely N-dealkylation sites (tertiary alicyclic amines) is 1. The van der Waals surface area contributed by atoms with Gasteiger partial charge in [0.15, 0.2) is 5.96 Å². The third-order valence-corrected chi connectivity index (χ3v) is 4.92. The van der Waals surface area contributed by atoms with Gasteiger partial charge in [-0.05, 0) is 56.8 Å². The minimum absolute atomic E-state index is 0. The third kappa shape index (κ3) is 8.12. The van der Waals surface area contributed by atoms with Gasteiger partial charge in [-0.3, -0.25) is 4.99 Å². The van der Waals surface area contributed by atoms with Gasteiger partial charge >= 0.3 is 0 Å². The van der Waals surface area contributed by atoms with E-state index >= 15 is 0 Å². The average molecular weight is 474 g/mol. The maximum absolute atomic E-state index is 5.27. The second-order valence-electron chi connectivity index (χ2n) is 6.76. The molecule has 0 aromatic heterocycles. The molecule has 2 rings (SSSR count). The SMILES string of the molecule is CN=C(NCCCN1CCCCC1C)NCCc1cccc(OC)c1.I. The van der Waals surface area contributed by atoms with E-state index < -0.39 is 0 Å². The molecule has 0 bridgehead atoms. The van der Waals surface area contributed by atoms with Crippen LogP contribution in [-0.2, 0) is 6.42 Å². The van der Waals surface area contributed by atoms with E-state index in [2.05, 4.69) is 39.6 Å². The molecule has 1 unspecified atom stereocenters. The van der Waals surface area contributed by atoms with Gasteiger partial charge in [0.25, 0.3) is 0 Å². The van der Waals surface area contributed by atoms with Gasteiger partial charge in [-0.25, -0.2) is 0 Å². The molecule has 1 aliphatic heterocycles. The maximum atomic E-state index is 5.27. The highest BCUT2D eigenvalue weighted by molar-refractivity contribution is 14.0. The van der Waals surface area contributed by atoms with Crippen LogP contribution in [0.5, 0.6) is 5.75 Å². The van der Waals surface area contributed by atoms with Crippen LogP contribution in [0.25, 0.3) is 0 Å². The van der Waals surface area contributed by atoms with E-state index in [-0.39, 0.29) is 24.0 Å². The number of nitrogens with one attached hydrogen (secondary N) is 2. The van der Waals surface area contributed by atoms with Crippen molar-refractivity contribution in [2.75, 3.05) is 40.3 Å². The molecule has 1 fully saturated rings. The first-order valence-corrected chi connectivity index (χ1v) is 9.54. The second kappa shape index (κ2) is 13.2. The molecule has 26 heavy (non-hydrogen) atoms. The van der Waals surface area contributed by atoms with Gasteiger partial charge in [-0.15, -0.1) is 24.0 Å². The number of rotatable bonds is 8. The van der Waals surface area contributed by atoms with E-state index in [0.717, 1.165) is 43.7 Å². The predicted octanol–water partition coefficient (Wildman–Crippen LogP) is 3.29. The van der Waals surface area contributed by atoms with E-state index in [9.17, 15) is 0 Å². The first-order valence-electron chi connectivity index (χ1n) is 9.54. The summed E-state index contributed by atoms with van der Waals surface area (Å²) in [6.07, 6.45) is 6.19. The first kappa shape index (κ1) is 23.0. The Labute approximate surface area is 176 Å². The summed E-state index contributed by atoms with van der Waals surface area (Å²) in [6, 6.07) is 8.95. The van der Waals surface area contributed by atoms with Gasteiger partial charge in [0.05, 0.1) is 7.11 Å². The number of halogens is 1. The largest absolute Gasteiger partial charge is 0.497 e. The summed E-state index contributed by atoms with van der Waals surface area (Å²) in [6.45, 7) is 6.60. The van der Waals surface area contributed by atoms with Crippen LogP contribution in [0.3, 0.4) is 0 Å². The molecule has 1 aromatic rings. The fourth-order valence-electron chi connectivity index (χ4n) is 3.35. The third-order valence-electron chi connectivity index (χ3n) is 4.92. The lowest BCUT2D eigenvalue weighted by Crippen LogP contribution is -2.41. The number of guanidine groups is 1. The Hall–Kier alpha value is -1.02. The average Bonchev–Trinajstić information content (AvgIpc) is 2.65. The number of hydrogen-bond donors (Lipinski definition) is 2. The van der Waals surface area contributed by atoms with Crippen molar-refractivity contribution in [1.29, 1.82) is 0 Å². The van der Waals surface area contributed by atoms with E-state index in [0.29, 0.717) is 0 Å². The van der Waals surface area contributed by atoms with Gasteiger partial charge in [0.2, 0.25) is 0 Å². The summed E-state index contributed by atoms with van der Waals surface area (Å²) in [7, 11) is 3.53. The van der Waals surface area contributed by atoms with E-state index in [1.165, 1.54) is 37.9 Å². The first-order chi connectivity index (χ1) is 12.2. The van der Waals surface area contributed by atoms with E-state index in [1.54, 1.807) is 7.11 Å². The van der Waals surface area contributed by atoms with Crippen LogP contribution < -0.4 is 15.4 Å². The topological polar surface area (TPSA) is 48.9 Å². The van der Waals surface area contributed by atoms with E-state index in [4.69, 9.17) is 4.74 Å². The molecule has 0 spiro atoms. The summed E-state index contributed by atoms with van der Waals surface area (Å²) in [4.78, 5) is 6.92. The smallest absolute Gasteiger partial charge is 0.190 e. The Morgan fingerprint density at radius 3 is 2.81 bits per heavy atom. The lowest BCUT2D eigenvalue weighted by atomic mass is 10.0. The second-order valence-corrected chi connectivity index (χ2v) is 6.76. The van der Waals surface area contributed by atoms with Crippen molar-refractivity contribution in [2.45, 2.75) is 45.1 Å². The molecule has 1 heterocycles. The molecule has 5 nitrogen and oxygen atoms in total. The number of piperidine rings is 1. The molecular weight excluding hydrogens is 439 g/mol. The molecule has 1 atom stereocenters. The monoisotopic (exact) mass is 474 g/mol. The van der Waals surface area contributed by atoms with Crippen molar-refractivity contribution in [3.8, 4) is 5.75 Å².